The van der Waals surface area contributed by atoms with Crippen LogP contribution in [0.25, 0.3) is 10.9 Å². The summed E-state index contributed by atoms with van der Waals surface area (Å²) in [5.74, 6) is 0.630. The highest BCUT2D eigenvalue weighted by Gasteiger charge is 2.13. The highest BCUT2D eigenvalue weighted by Crippen LogP contribution is 2.22. The monoisotopic (exact) mass is 242 g/mol. The lowest BCUT2D eigenvalue weighted by Crippen LogP contribution is -2.24. The molecule has 3 nitrogen and oxygen atoms in total. The van der Waals surface area contributed by atoms with Gasteiger partial charge in [0.05, 0.1) is 12.1 Å². The van der Waals surface area contributed by atoms with Crippen molar-refractivity contribution in [2.75, 3.05) is 25.1 Å². The molecule has 1 saturated heterocycles. The van der Waals surface area contributed by atoms with E-state index in [1.54, 1.807) is 0 Å². The molecule has 2 heterocycles. The van der Waals surface area contributed by atoms with Crippen molar-refractivity contribution in [3.63, 3.8) is 0 Å². The third kappa shape index (κ3) is 2.46. The number of para-hydroxylation sites is 1. The molecule has 1 aromatic heterocycles. The Morgan fingerprint density at radius 1 is 1.28 bits per heavy atom. The minimum atomic E-state index is 0.630. The predicted octanol–water partition coefficient (Wildman–Crippen LogP) is 3.07. The fraction of sp³-hybridized carbons (Fsp3) is 0.400. The summed E-state index contributed by atoms with van der Waals surface area (Å²) in [6, 6.07) is 10.3. The SMILES string of the molecule is c1ccc2c(NCC3CCCOC3)ccnc2c1. The number of rotatable bonds is 3. The lowest BCUT2D eigenvalue weighted by atomic mass is 10.0. The smallest absolute Gasteiger partial charge is 0.0722 e. The van der Waals surface area contributed by atoms with Gasteiger partial charge in [-0.1, -0.05) is 18.2 Å². The number of hydrogen-bond acceptors (Lipinski definition) is 3. The Balaban J connectivity index is 1.74. The van der Waals surface area contributed by atoms with Crippen LogP contribution in [0.1, 0.15) is 12.8 Å². The summed E-state index contributed by atoms with van der Waals surface area (Å²) >= 11 is 0. The van der Waals surface area contributed by atoms with Crippen LogP contribution in [0.3, 0.4) is 0 Å². The largest absolute Gasteiger partial charge is 0.384 e. The average Bonchev–Trinajstić information content (AvgIpc) is 2.46. The van der Waals surface area contributed by atoms with Gasteiger partial charge in [0.15, 0.2) is 0 Å². The maximum Gasteiger partial charge on any atom is 0.0722 e. The topological polar surface area (TPSA) is 34.1 Å². The second kappa shape index (κ2) is 5.36. The van der Waals surface area contributed by atoms with Crippen LogP contribution in [0, 0.1) is 5.92 Å². The van der Waals surface area contributed by atoms with Gasteiger partial charge in [-0.15, -0.1) is 0 Å². The zero-order valence-electron chi connectivity index (χ0n) is 10.4. The quantitative estimate of drug-likeness (QED) is 0.898. The molecule has 0 radical (unpaired) electrons. The Morgan fingerprint density at radius 2 is 2.22 bits per heavy atom. The molecule has 0 spiro atoms. The molecule has 3 heteroatoms. The van der Waals surface area contributed by atoms with Gasteiger partial charge >= 0.3 is 0 Å². The summed E-state index contributed by atoms with van der Waals surface area (Å²) in [7, 11) is 0. The normalized spacial score (nSPS) is 19.9. The van der Waals surface area contributed by atoms with Gasteiger partial charge in [0.1, 0.15) is 0 Å². The third-order valence-electron chi connectivity index (χ3n) is 3.48. The summed E-state index contributed by atoms with van der Waals surface area (Å²) in [6.45, 7) is 2.79. The minimum absolute atomic E-state index is 0.630. The number of anilines is 1. The van der Waals surface area contributed by atoms with Crippen LogP contribution in [-0.4, -0.2) is 24.7 Å². The second-order valence-electron chi connectivity index (χ2n) is 4.84. The van der Waals surface area contributed by atoms with Crippen molar-refractivity contribution in [2.45, 2.75) is 12.8 Å². The van der Waals surface area contributed by atoms with Crippen molar-refractivity contribution >= 4 is 16.6 Å². The van der Waals surface area contributed by atoms with E-state index in [2.05, 4.69) is 22.4 Å². The van der Waals surface area contributed by atoms with Gasteiger partial charge in [-0.25, -0.2) is 0 Å². The number of fused-ring (bicyclic) bond motifs is 1. The number of nitrogens with zero attached hydrogens (tertiary/aromatic N) is 1. The Bertz CT molecular complexity index is 515. The van der Waals surface area contributed by atoms with Crippen molar-refractivity contribution in [2.24, 2.45) is 5.92 Å². The molecule has 1 N–H and O–H groups in total. The van der Waals surface area contributed by atoms with Crippen molar-refractivity contribution in [3.05, 3.63) is 36.5 Å². The Hall–Kier alpha value is -1.61. The fourth-order valence-corrected chi connectivity index (χ4v) is 2.47. The van der Waals surface area contributed by atoms with Crippen LogP contribution >= 0.6 is 0 Å². The molecule has 18 heavy (non-hydrogen) atoms. The number of nitrogens with one attached hydrogen (secondary N) is 1. The molecule has 0 aliphatic carbocycles. The van der Waals surface area contributed by atoms with Gasteiger partial charge in [-0.2, -0.15) is 0 Å². The third-order valence-corrected chi connectivity index (χ3v) is 3.48. The molecule has 1 aromatic carbocycles. The van der Waals surface area contributed by atoms with E-state index in [-0.39, 0.29) is 0 Å². The van der Waals surface area contributed by atoms with E-state index in [1.165, 1.54) is 23.9 Å². The Morgan fingerprint density at radius 3 is 3.11 bits per heavy atom. The lowest BCUT2D eigenvalue weighted by Gasteiger charge is -2.23. The van der Waals surface area contributed by atoms with Crippen LogP contribution < -0.4 is 5.32 Å². The van der Waals surface area contributed by atoms with Crippen molar-refractivity contribution in [3.8, 4) is 0 Å². The van der Waals surface area contributed by atoms with E-state index < -0.39 is 0 Å². The highest BCUT2D eigenvalue weighted by molar-refractivity contribution is 5.90. The summed E-state index contributed by atoms with van der Waals surface area (Å²) < 4.78 is 5.51. The fourth-order valence-electron chi connectivity index (χ4n) is 2.47. The Labute approximate surface area is 107 Å². The van der Waals surface area contributed by atoms with E-state index in [0.717, 1.165) is 25.3 Å². The standard InChI is InChI=1S/C15H18N2O/c1-2-6-14-13(5-1)15(7-8-16-14)17-10-12-4-3-9-18-11-12/h1-2,5-8,12H,3-4,9-11H2,(H,16,17). The molecule has 1 unspecified atom stereocenters. The first-order valence-electron chi connectivity index (χ1n) is 6.59. The summed E-state index contributed by atoms with van der Waals surface area (Å²) in [6.07, 6.45) is 4.31. The summed E-state index contributed by atoms with van der Waals surface area (Å²) in [5, 5.41) is 4.73. The number of benzene rings is 1. The first kappa shape index (κ1) is 11.5. The molecule has 1 atom stereocenters. The van der Waals surface area contributed by atoms with Crippen LogP contribution in [0.2, 0.25) is 0 Å². The average molecular weight is 242 g/mol. The molecule has 1 aliphatic rings. The summed E-state index contributed by atoms with van der Waals surface area (Å²) in [5.41, 5.74) is 2.22. The van der Waals surface area contributed by atoms with Crippen LogP contribution in [0.4, 0.5) is 5.69 Å². The van der Waals surface area contributed by atoms with E-state index in [4.69, 9.17) is 4.74 Å². The molecular formula is C15H18N2O. The molecular weight excluding hydrogens is 224 g/mol. The number of ether oxygens (including phenoxy) is 1. The number of hydrogen-bond donors (Lipinski definition) is 1. The Kier molecular flexibility index (Phi) is 3.42. The molecule has 2 aromatic rings. The minimum Gasteiger partial charge on any atom is -0.384 e. The maximum absolute atomic E-state index is 5.51. The molecule has 0 bridgehead atoms. The maximum atomic E-state index is 5.51. The number of pyridine rings is 1. The molecule has 0 amide bonds. The van der Waals surface area contributed by atoms with Gasteiger partial charge in [0.25, 0.3) is 0 Å². The van der Waals surface area contributed by atoms with Gasteiger partial charge in [-0.3, -0.25) is 4.98 Å². The van der Waals surface area contributed by atoms with E-state index >= 15 is 0 Å². The van der Waals surface area contributed by atoms with Gasteiger partial charge in [0.2, 0.25) is 0 Å². The molecule has 1 fully saturated rings. The number of aromatic nitrogens is 1. The van der Waals surface area contributed by atoms with Crippen LogP contribution in [0.15, 0.2) is 36.5 Å². The van der Waals surface area contributed by atoms with Crippen LogP contribution in [-0.2, 0) is 4.74 Å². The van der Waals surface area contributed by atoms with Gasteiger partial charge < -0.3 is 10.1 Å². The first-order chi connectivity index (χ1) is 8.93. The molecule has 3 rings (SSSR count). The van der Waals surface area contributed by atoms with E-state index in [9.17, 15) is 0 Å². The van der Waals surface area contributed by atoms with E-state index in [1.807, 2.05) is 24.4 Å². The molecule has 1 aliphatic heterocycles. The zero-order valence-corrected chi connectivity index (χ0v) is 10.4. The first-order valence-corrected chi connectivity index (χ1v) is 6.59. The second-order valence-corrected chi connectivity index (χ2v) is 4.84. The molecule has 94 valence electrons. The van der Waals surface area contributed by atoms with Crippen molar-refractivity contribution < 1.29 is 4.74 Å². The lowest BCUT2D eigenvalue weighted by molar-refractivity contribution is 0.0595. The van der Waals surface area contributed by atoms with Crippen LogP contribution in [0.5, 0.6) is 0 Å². The predicted molar refractivity (Wildman–Crippen MR) is 73.8 cm³/mol. The molecule has 0 saturated carbocycles. The van der Waals surface area contributed by atoms with Gasteiger partial charge in [0, 0.05) is 30.4 Å². The highest BCUT2D eigenvalue weighted by atomic mass is 16.5. The summed E-state index contributed by atoms with van der Waals surface area (Å²) in [4.78, 5) is 4.37. The van der Waals surface area contributed by atoms with E-state index in [0.29, 0.717) is 5.92 Å². The van der Waals surface area contributed by atoms with Crippen molar-refractivity contribution in [1.82, 2.24) is 4.98 Å². The van der Waals surface area contributed by atoms with Crippen molar-refractivity contribution in [1.29, 1.82) is 0 Å². The van der Waals surface area contributed by atoms with Gasteiger partial charge in [-0.05, 0) is 30.9 Å². The zero-order chi connectivity index (χ0) is 12.2.